The number of carboxylic acids is 2. The average Bonchev–Trinajstić information content (AvgIpc) is 3.35. The van der Waals surface area contributed by atoms with Crippen molar-refractivity contribution in [2.45, 2.75) is 44.4 Å². The second kappa shape index (κ2) is 11.7. The first kappa shape index (κ1) is 30.1. The fourth-order valence-electron chi connectivity index (χ4n) is 7.44. The summed E-state index contributed by atoms with van der Waals surface area (Å²) in [5, 5.41) is 29.3. The van der Waals surface area contributed by atoms with Gasteiger partial charge in [0.15, 0.2) is 0 Å². The molecular formula is C30H34N2O11. The van der Waals surface area contributed by atoms with Crippen molar-refractivity contribution in [2.24, 2.45) is 29.6 Å². The molecule has 6 unspecified atom stereocenters. The fraction of sp³-hybridized carbons (Fsp3) is 0.533. The molecule has 2 heterocycles. The zero-order chi connectivity index (χ0) is 31.2. The molecule has 0 spiro atoms. The van der Waals surface area contributed by atoms with Gasteiger partial charge in [0.05, 0.1) is 37.9 Å². The molecule has 1 saturated carbocycles. The first-order valence-electron chi connectivity index (χ1n) is 14.3. The van der Waals surface area contributed by atoms with Gasteiger partial charge in [-0.2, -0.15) is 0 Å². The molecule has 5 rings (SSSR count). The lowest BCUT2D eigenvalue weighted by Gasteiger charge is -2.44. The van der Waals surface area contributed by atoms with E-state index in [-0.39, 0.29) is 74.6 Å². The van der Waals surface area contributed by atoms with Crippen molar-refractivity contribution in [1.29, 1.82) is 0 Å². The molecule has 230 valence electrons. The molecule has 4 amide bonds. The molecule has 1 aromatic carbocycles. The van der Waals surface area contributed by atoms with Crippen LogP contribution in [0.4, 0.5) is 0 Å². The maximum absolute atomic E-state index is 13.9. The van der Waals surface area contributed by atoms with Crippen molar-refractivity contribution in [1.82, 2.24) is 9.80 Å². The number of methoxy groups -OCH3 is 2. The van der Waals surface area contributed by atoms with Crippen LogP contribution in [0.2, 0.25) is 0 Å². The van der Waals surface area contributed by atoms with Crippen LogP contribution < -0.4 is 9.47 Å². The summed E-state index contributed by atoms with van der Waals surface area (Å²) in [6, 6.07) is 2.93. The molecule has 1 aromatic rings. The van der Waals surface area contributed by atoms with Gasteiger partial charge in [-0.25, -0.2) is 0 Å². The van der Waals surface area contributed by atoms with Gasteiger partial charge in [0.1, 0.15) is 17.2 Å². The Hall–Kier alpha value is -4.42. The van der Waals surface area contributed by atoms with E-state index in [1.165, 1.54) is 20.3 Å². The Balaban J connectivity index is 1.57. The maximum atomic E-state index is 13.9. The third-order valence-corrected chi connectivity index (χ3v) is 9.24. The Morgan fingerprint density at radius 3 is 1.95 bits per heavy atom. The molecule has 13 heteroatoms. The summed E-state index contributed by atoms with van der Waals surface area (Å²) in [6.07, 6.45) is 1.91. The second-order valence-electron chi connectivity index (χ2n) is 11.4. The molecular weight excluding hydrogens is 564 g/mol. The summed E-state index contributed by atoms with van der Waals surface area (Å²) in [7, 11) is 2.82. The van der Waals surface area contributed by atoms with Crippen LogP contribution in [0.25, 0.3) is 0 Å². The summed E-state index contributed by atoms with van der Waals surface area (Å²) in [4.78, 5) is 79.0. The number of amides is 4. The number of allylic oxidation sites excluding steroid dienone is 2. The molecule has 0 aromatic heterocycles. The lowest BCUT2D eigenvalue weighted by molar-refractivity contribution is -0.143. The van der Waals surface area contributed by atoms with Gasteiger partial charge >= 0.3 is 11.9 Å². The number of aliphatic carboxylic acids is 2. The van der Waals surface area contributed by atoms with E-state index >= 15 is 0 Å². The van der Waals surface area contributed by atoms with Crippen LogP contribution in [0.15, 0.2) is 23.8 Å². The molecule has 3 N–H and O–H groups in total. The Labute approximate surface area is 247 Å². The van der Waals surface area contributed by atoms with Gasteiger partial charge in [0.2, 0.25) is 23.6 Å². The molecule has 4 aliphatic rings. The molecule has 0 bridgehead atoms. The van der Waals surface area contributed by atoms with Crippen molar-refractivity contribution >= 4 is 35.6 Å². The molecule has 3 fully saturated rings. The lowest BCUT2D eigenvalue weighted by Crippen LogP contribution is -2.43. The molecule has 2 aliphatic carbocycles. The predicted molar refractivity (Wildman–Crippen MR) is 146 cm³/mol. The molecule has 43 heavy (non-hydrogen) atoms. The highest BCUT2D eigenvalue weighted by molar-refractivity contribution is 6.08. The minimum Gasteiger partial charge on any atom is -0.507 e. The SMILES string of the molecule is COc1cc(O)c(C2C3=CCC4C(=O)N(CCCC(=O)O)C(=O)C4C3CC3C(=O)N(CCCC(=O)O)C(=O)C32)c(OC)c1. The lowest BCUT2D eigenvalue weighted by atomic mass is 9.57. The number of benzene rings is 1. The van der Waals surface area contributed by atoms with Crippen LogP contribution in [0, 0.1) is 29.6 Å². The van der Waals surface area contributed by atoms with Crippen LogP contribution in [0.5, 0.6) is 17.2 Å². The third kappa shape index (κ3) is 5.10. The van der Waals surface area contributed by atoms with E-state index in [1.54, 1.807) is 6.07 Å². The van der Waals surface area contributed by atoms with E-state index in [9.17, 15) is 33.9 Å². The van der Waals surface area contributed by atoms with Crippen molar-refractivity contribution < 1.29 is 53.6 Å². The van der Waals surface area contributed by atoms with Crippen LogP contribution >= 0.6 is 0 Å². The van der Waals surface area contributed by atoms with Crippen LogP contribution in [0.3, 0.4) is 0 Å². The summed E-state index contributed by atoms with van der Waals surface area (Å²) in [5.74, 6) is -8.36. The molecule has 0 radical (unpaired) electrons. The zero-order valence-electron chi connectivity index (χ0n) is 23.9. The standard InChI is InChI=1S/C30H34N2O11/c1-42-14-11-19(33)26(20(12-14)43-2)24-15-7-8-16-23(29(40)31(27(16)38)9-3-5-21(34)35)17(15)13-18-25(24)30(41)32(28(18)39)10-4-6-22(36)37/h7,11-12,16-18,23-25,33H,3-6,8-10,13H2,1-2H3,(H,34,35)(H,36,37). The van der Waals surface area contributed by atoms with Gasteiger partial charge in [-0.3, -0.25) is 38.6 Å². The summed E-state index contributed by atoms with van der Waals surface area (Å²) in [6.45, 7) is -0.115. The number of rotatable bonds is 11. The van der Waals surface area contributed by atoms with E-state index in [2.05, 4.69) is 0 Å². The Morgan fingerprint density at radius 2 is 1.40 bits per heavy atom. The number of nitrogens with zero attached hydrogens (tertiary/aromatic N) is 2. The van der Waals surface area contributed by atoms with Crippen LogP contribution in [0.1, 0.15) is 50.0 Å². The molecule has 6 atom stereocenters. The molecule has 2 saturated heterocycles. The van der Waals surface area contributed by atoms with Crippen molar-refractivity contribution in [3.05, 3.63) is 29.3 Å². The minimum absolute atomic E-state index is 0.0314. The number of hydrogen-bond acceptors (Lipinski definition) is 9. The number of hydrogen-bond donors (Lipinski definition) is 3. The summed E-state index contributed by atoms with van der Waals surface area (Å²) >= 11 is 0. The number of fused-ring (bicyclic) bond motifs is 4. The Bertz CT molecular complexity index is 1420. The van der Waals surface area contributed by atoms with Crippen LogP contribution in [-0.4, -0.2) is 88.0 Å². The van der Waals surface area contributed by atoms with Gasteiger partial charge in [0, 0.05) is 49.5 Å². The summed E-state index contributed by atoms with van der Waals surface area (Å²) in [5.41, 5.74) is 0.916. The monoisotopic (exact) mass is 598 g/mol. The number of carboxylic acid groups (broad SMARTS) is 2. The zero-order valence-corrected chi connectivity index (χ0v) is 23.9. The first-order chi connectivity index (χ1) is 20.5. The predicted octanol–water partition coefficient (Wildman–Crippen LogP) is 1.77. The highest BCUT2D eigenvalue weighted by Crippen LogP contribution is 2.60. The van der Waals surface area contributed by atoms with E-state index in [0.29, 0.717) is 11.3 Å². The number of carbonyl (C=O) groups excluding carboxylic acids is 4. The van der Waals surface area contributed by atoms with Crippen molar-refractivity contribution in [3.63, 3.8) is 0 Å². The Kier molecular flexibility index (Phi) is 8.17. The average molecular weight is 599 g/mol. The van der Waals surface area contributed by atoms with E-state index in [0.717, 1.165) is 9.80 Å². The Morgan fingerprint density at radius 1 is 0.814 bits per heavy atom. The van der Waals surface area contributed by atoms with Gasteiger partial charge in [-0.1, -0.05) is 11.6 Å². The third-order valence-electron chi connectivity index (χ3n) is 9.24. The van der Waals surface area contributed by atoms with Gasteiger partial charge in [0.25, 0.3) is 0 Å². The van der Waals surface area contributed by atoms with E-state index < -0.39 is 65.2 Å². The van der Waals surface area contributed by atoms with Crippen LogP contribution in [-0.2, 0) is 28.8 Å². The van der Waals surface area contributed by atoms with E-state index in [4.69, 9.17) is 19.7 Å². The number of aromatic hydroxyl groups is 1. The quantitative estimate of drug-likeness (QED) is 0.249. The molecule has 2 aliphatic heterocycles. The highest BCUT2D eigenvalue weighted by Gasteiger charge is 2.62. The number of imide groups is 2. The minimum atomic E-state index is -1.05. The molecule has 13 nitrogen and oxygen atoms in total. The first-order valence-corrected chi connectivity index (χ1v) is 14.3. The second-order valence-corrected chi connectivity index (χ2v) is 11.4. The topological polar surface area (TPSA) is 188 Å². The van der Waals surface area contributed by atoms with Gasteiger partial charge < -0.3 is 24.8 Å². The number of phenols is 1. The van der Waals surface area contributed by atoms with Crippen molar-refractivity contribution in [3.8, 4) is 17.2 Å². The number of carbonyl (C=O) groups is 6. The van der Waals surface area contributed by atoms with Gasteiger partial charge in [-0.15, -0.1) is 0 Å². The maximum Gasteiger partial charge on any atom is 0.303 e. The van der Waals surface area contributed by atoms with Gasteiger partial charge in [-0.05, 0) is 31.6 Å². The smallest absolute Gasteiger partial charge is 0.303 e. The summed E-state index contributed by atoms with van der Waals surface area (Å²) < 4.78 is 10.9. The fourth-order valence-corrected chi connectivity index (χ4v) is 7.44. The number of phenolic OH excluding ortho intramolecular Hbond substituents is 1. The van der Waals surface area contributed by atoms with Crippen molar-refractivity contribution in [2.75, 3.05) is 27.3 Å². The highest BCUT2D eigenvalue weighted by atomic mass is 16.5. The number of ether oxygens (including phenoxy) is 2. The van der Waals surface area contributed by atoms with E-state index in [1.807, 2.05) is 6.08 Å². The number of likely N-dealkylation sites (tertiary alicyclic amines) is 2. The normalized spacial score (nSPS) is 27.9. The largest absolute Gasteiger partial charge is 0.507 e.